The Bertz CT molecular complexity index is 680. The molecule has 2 radical (unpaired) electrons. The number of rotatable bonds is 0. The van der Waals surface area contributed by atoms with Gasteiger partial charge in [-0.2, -0.15) is 35.0 Å². The van der Waals surface area contributed by atoms with E-state index in [1.807, 2.05) is 28.2 Å². The van der Waals surface area contributed by atoms with Gasteiger partial charge in [-0.05, 0) is 28.2 Å². The van der Waals surface area contributed by atoms with Crippen molar-refractivity contribution < 1.29 is 23.3 Å². The van der Waals surface area contributed by atoms with E-state index in [4.69, 9.17) is 0 Å². The summed E-state index contributed by atoms with van der Waals surface area (Å²) >= 11 is 1.36. The largest absolute Gasteiger partial charge is 0.168 e. The maximum Gasteiger partial charge on any atom is -0.0809 e. The first kappa shape index (κ1) is 31.4. The van der Waals surface area contributed by atoms with E-state index in [-0.39, 0.29) is 14.9 Å². The molecular formula is C24H34N2SiZr-4. The van der Waals surface area contributed by atoms with Crippen molar-refractivity contribution in [2.24, 2.45) is 0 Å². The van der Waals surface area contributed by atoms with Crippen LogP contribution in [0, 0.1) is 14.9 Å². The molecule has 2 nitrogen and oxygen atoms in total. The van der Waals surface area contributed by atoms with Crippen LogP contribution in [-0.4, -0.2) is 35.1 Å². The Hall–Kier alpha value is -1.32. The van der Waals surface area contributed by atoms with Crippen molar-refractivity contribution in [3.8, 4) is 0 Å². The molecular weight excluding hydrogens is 436 g/mol. The van der Waals surface area contributed by atoms with Gasteiger partial charge in [0.05, 0.1) is 0 Å². The van der Waals surface area contributed by atoms with Crippen LogP contribution in [0.25, 0.3) is 21.5 Å². The van der Waals surface area contributed by atoms with E-state index in [9.17, 15) is 0 Å². The maximum absolute atomic E-state index is 3.06. The van der Waals surface area contributed by atoms with E-state index in [0.29, 0.717) is 0 Å². The molecule has 4 heteroatoms. The molecule has 28 heavy (non-hydrogen) atoms. The van der Waals surface area contributed by atoms with Gasteiger partial charge in [-0.15, -0.1) is 59.3 Å². The summed E-state index contributed by atoms with van der Waals surface area (Å²) in [6, 6.07) is 29.3. The Labute approximate surface area is 189 Å². The Balaban J connectivity index is -0.000000313. The molecule has 0 aliphatic carbocycles. The van der Waals surface area contributed by atoms with Crippen LogP contribution in [0.1, 0.15) is 0 Å². The van der Waals surface area contributed by atoms with E-state index in [0.717, 1.165) is 0 Å². The van der Waals surface area contributed by atoms with Crippen molar-refractivity contribution in [3.63, 3.8) is 0 Å². The van der Waals surface area contributed by atoms with Crippen molar-refractivity contribution in [2.75, 3.05) is 28.2 Å². The number of fused-ring (bicyclic) bond motifs is 2. The molecule has 0 unspecified atom stereocenters. The molecule has 0 aromatic heterocycles. The standard InChI is InChI=1S/2C9H7.2C2H7N.2CH3.Si.Zr/c2*1-2-5-9-7-3-6-8(9)4-1;2*1-3-2;;;;/h2*1-7H;2*3H,1-2H3;2*1H3;;/q2*-1;;;2*-1;;. The van der Waals surface area contributed by atoms with Gasteiger partial charge in [0.2, 0.25) is 0 Å². The average Bonchev–Trinajstić information content (AvgIpc) is 3.34. The molecule has 4 aromatic carbocycles. The maximum atomic E-state index is 3.06. The Kier molecular flexibility index (Phi) is 24.6. The van der Waals surface area contributed by atoms with Crippen LogP contribution in [0.5, 0.6) is 0 Å². The summed E-state index contributed by atoms with van der Waals surface area (Å²) in [6.45, 7) is 3.06. The quantitative estimate of drug-likeness (QED) is 0.269. The van der Waals surface area contributed by atoms with E-state index in [1.165, 1.54) is 44.9 Å². The molecule has 0 amide bonds. The zero-order chi connectivity index (χ0) is 19.6. The third-order valence-corrected chi connectivity index (χ3v) is 3.10. The van der Waals surface area contributed by atoms with Crippen LogP contribution in [0.4, 0.5) is 0 Å². The summed E-state index contributed by atoms with van der Waals surface area (Å²) in [5.74, 6) is 0. The average molecular weight is 470 g/mol. The second-order valence-electron chi connectivity index (χ2n) is 5.31. The molecule has 0 heterocycles. The molecule has 0 fully saturated rings. The predicted octanol–water partition coefficient (Wildman–Crippen LogP) is 5.31. The number of benzene rings is 2. The summed E-state index contributed by atoms with van der Waals surface area (Å²) in [4.78, 5) is 0. The summed E-state index contributed by atoms with van der Waals surface area (Å²) in [6.07, 6.45) is 0. The minimum atomic E-state index is 0. The Morgan fingerprint density at radius 3 is 1.18 bits per heavy atom. The van der Waals surface area contributed by atoms with E-state index >= 15 is 0 Å². The second kappa shape index (κ2) is 22.0. The topological polar surface area (TPSA) is 24.1 Å². The van der Waals surface area contributed by atoms with Crippen molar-refractivity contribution in [2.45, 2.75) is 0 Å². The molecule has 0 aliphatic heterocycles. The van der Waals surface area contributed by atoms with Gasteiger partial charge >= 0.3 is 30.2 Å². The van der Waals surface area contributed by atoms with E-state index < -0.39 is 0 Å². The SMILES string of the molecule is CNC.CNC.[CH3-].[CH3-].[Si]=[Zr].c1ccc2[cH-]ccc2c1.c1ccc2[cH-]ccc2c1. The third kappa shape index (κ3) is 13.0. The molecule has 4 aromatic rings. The molecule has 2 N–H and O–H groups in total. The summed E-state index contributed by atoms with van der Waals surface area (Å²) in [7, 11) is 7.50. The third-order valence-electron chi connectivity index (χ3n) is 3.10. The molecule has 0 aliphatic rings. The first-order valence-corrected chi connectivity index (χ1v) is 12.6. The van der Waals surface area contributed by atoms with Gasteiger partial charge in [-0.1, -0.05) is 12.1 Å². The fraction of sp³-hybridized carbons (Fsp3) is 0.167. The number of nitrogens with one attached hydrogen (secondary N) is 2. The predicted molar refractivity (Wildman–Crippen MR) is 128 cm³/mol. The zero-order valence-electron chi connectivity index (χ0n) is 18.1. The monoisotopic (exact) mass is 468 g/mol. The minimum absolute atomic E-state index is 0. The van der Waals surface area contributed by atoms with Gasteiger partial charge in [0.1, 0.15) is 0 Å². The van der Waals surface area contributed by atoms with Crippen molar-refractivity contribution in [1.29, 1.82) is 0 Å². The van der Waals surface area contributed by atoms with Crippen molar-refractivity contribution in [3.05, 3.63) is 99.8 Å². The first-order chi connectivity index (χ1) is 12.8. The van der Waals surface area contributed by atoms with Crippen LogP contribution in [-0.2, 0) is 23.3 Å². The molecule has 0 atom stereocenters. The fourth-order valence-electron chi connectivity index (χ4n) is 2.14. The van der Waals surface area contributed by atoms with Gasteiger partial charge < -0.3 is 25.5 Å². The van der Waals surface area contributed by atoms with Crippen molar-refractivity contribution >= 4 is 28.4 Å². The van der Waals surface area contributed by atoms with Gasteiger partial charge in [-0.25, -0.2) is 0 Å². The van der Waals surface area contributed by atoms with E-state index in [2.05, 4.69) is 102 Å². The van der Waals surface area contributed by atoms with Crippen molar-refractivity contribution in [1.82, 2.24) is 10.6 Å². The molecule has 0 spiro atoms. The second-order valence-corrected chi connectivity index (χ2v) is 5.31. The zero-order valence-corrected chi connectivity index (χ0v) is 21.5. The van der Waals surface area contributed by atoms with Crippen LogP contribution in [0.15, 0.2) is 84.9 Å². The van der Waals surface area contributed by atoms with Gasteiger partial charge in [0.25, 0.3) is 0 Å². The van der Waals surface area contributed by atoms with Gasteiger partial charge in [-0.3, -0.25) is 0 Å². The summed E-state index contributed by atoms with van der Waals surface area (Å²) < 4.78 is 0. The molecule has 152 valence electrons. The Morgan fingerprint density at radius 1 is 0.607 bits per heavy atom. The minimum Gasteiger partial charge on any atom is -0.168 e. The van der Waals surface area contributed by atoms with Gasteiger partial charge in [0.15, 0.2) is 0 Å². The van der Waals surface area contributed by atoms with E-state index in [1.54, 1.807) is 0 Å². The smallest absolute Gasteiger partial charge is 0.0809 e. The van der Waals surface area contributed by atoms with Crippen LogP contribution < -0.4 is 10.6 Å². The first-order valence-electron chi connectivity index (χ1n) is 8.39. The van der Waals surface area contributed by atoms with Crippen LogP contribution >= 0.6 is 0 Å². The van der Waals surface area contributed by atoms with Gasteiger partial charge in [0, 0.05) is 0 Å². The summed E-state index contributed by atoms with van der Waals surface area (Å²) in [5, 5.41) is 10.8. The number of hydrogen-bond acceptors (Lipinski definition) is 2. The fourth-order valence-corrected chi connectivity index (χ4v) is 2.14. The number of hydrogen-bond donors (Lipinski definition) is 2. The Morgan fingerprint density at radius 2 is 0.893 bits per heavy atom. The molecule has 0 saturated heterocycles. The van der Waals surface area contributed by atoms with Crippen LogP contribution in [0.2, 0.25) is 0 Å². The molecule has 4 rings (SSSR count). The normalized spacial score (nSPS) is 7.96. The molecule has 0 bridgehead atoms. The van der Waals surface area contributed by atoms with Crippen LogP contribution in [0.3, 0.4) is 0 Å². The summed E-state index contributed by atoms with van der Waals surface area (Å²) in [5.41, 5.74) is 0. The molecule has 0 saturated carbocycles.